The third-order valence-corrected chi connectivity index (χ3v) is 3.10. The number of anilines is 1. The van der Waals surface area contributed by atoms with Crippen LogP contribution in [0.15, 0.2) is 6.07 Å². The first-order valence-corrected chi connectivity index (χ1v) is 6.99. The number of hydrogen-bond acceptors (Lipinski definition) is 3. The molecule has 3 nitrogen and oxygen atoms in total. The lowest BCUT2D eigenvalue weighted by atomic mass is 10.1. The third kappa shape index (κ3) is 3.98. The van der Waals surface area contributed by atoms with Crippen LogP contribution in [0.2, 0.25) is 0 Å². The summed E-state index contributed by atoms with van der Waals surface area (Å²) in [7, 11) is 2.13. The normalized spacial score (nSPS) is 10.7. The molecule has 1 rings (SSSR count). The van der Waals surface area contributed by atoms with Crippen molar-refractivity contribution < 1.29 is 0 Å². The summed E-state index contributed by atoms with van der Waals surface area (Å²) in [6.07, 6.45) is 2.31. The van der Waals surface area contributed by atoms with Crippen LogP contribution in [0, 0.1) is 13.8 Å². The van der Waals surface area contributed by atoms with Crippen LogP contribution in [0.4, 0.5) is 5.82 Å². The van der Waals surface area contributed by atoms with Crippen molar-refractivity contribution in [1.29, 1.82) is 0 Å². The van der Waals surface area contributed by atoms with E-state index in [1.807, 2.05) is 0 Å². The maximum atomic E-state index is 4.72. The van der Waals surface area contributed by atoms with E-state index >= 15 is 0 Å². The van der Waals surface area contributed by atoms with Crippen molar-refractivity contribution in [1.82, 2.24) is 10.3 Å². The van der Waals surface area contributed by atoms with Gasteiger partial charge < -0.3 is 10.2 Å². The van der Waals surface area contributed by atoms with Crippen molar-refractivity contribution in [3.05, 3.63) is 22.9 Å². The van der Waals surface area contributed by atoms with Crippen molar-refractivity contribution in [3.63, 3.8) is 0 Å². The van der Waals surface area contributed by atoms with Crippen LogP contribution in [0.5, 0.6) is 0 Å². The largest absolute Gasteiger partial charge is 0.359 e. The van der Waals surface area contributed by atoms with Gasteiger partial charge >= 0.3 is 0 Å². The highest BCUT2D eigenvalue weighted by molar-refractivity contribution is 5.51. The van der Waals surface area contributed by atoms with Crippen LogP contribution in [-0.4, -0.2) is 25.1 Å². The van der Waals surface area contributed by atoms with Gasteiger partial charge in [-0.1, -0.05) is 13.8 Å². The maximum Gasteiger partial charge on any atom is 0.133 e. The van der Waals surface area contributed by atoms with Gasteiger partial charge in [0.05, 0.1) is 0 Å². The molecular weight excluding hydrogens is 222 g/mol. The Balaban J connectivity index is 2.96. The molecule has 1 aromatic heterocycles. The van der Waals surface area contributed by atoms with Gasteiger partial charge in [-0.3, -0.25) is 0 Å². The van der Waals surface area contributed by atoms with Crippen molar-refractivity contribution in [2.45, 2.75) is 47.1 Å². The van der Waals surface area contributed by atoms with E-state index in [0.717, 1.165) is 37.6 Å². The molecule has 1 N–H and O–H groups in total. The van der Waals surface area contributed by atoms with Crippen molar-refractivity contribution in [3.8, 4) is 0 Å². The molecular formula is C15H27N3. The summed E-state index contributed by atoms with van der Waals surface area (Å²) in [6.45, 7) is 11.7. The zero-order chi connectivity index (χ0) is 13.5. The van der Waals surface area contributed by atoms with Gasteiger partial charge in [0, 0.05) is 31.4 Å². The van der Waals surface area contributed by atoms with E-state index in [2.05, 4.69) is 51.0 Å². The fraction of sp³-hybridized carbons (Fsp3) is 0.667. The van der Waals surface area contributed by atoms with Gasteiger partial charge in [-0.15, -0.1) is 0 Å². The number of aryl methyl sites for hydroxylation is 2. The summed E-state index contributed by atoms with van der Waals surface area (Å²) in [5, 5.41) is 3.48. The molecule has 0 amide bonds. The second kappa shape index (κ2) is 7.37. The average molecular weight is 249 g/mol. The summed E-state index contributed by atoms with van der Waals surface area (Å²) < 4.78 is 0. The Bertz CT molecular complexity index is 374. The summed E-state index contributed by atoms with van der Waals surface area (Å²) in [6, 6.07) is 2.17. The molecule has 1 heterocycles. The third-order valence-electron chi connectivity index (χ3n) is 3.10. The summed E-state index contributed by atoms with van der Waals surface area (Å²) in [4.78, 5) is 6.98. The van der Waals surface area contributed by atoms with E-state index in [4.69, 9.17) is 4.98 Å². The molecule has 0 aromatic carbocycles. The molecule has 0 bridgehead atoms. The summed E-state index contributed by atoms with van der Waals surface area (Å²) in [5.41, 5.74) is 3.78. The first-order chi connectivity index (χ1) is 8.60. The molecule has 0 saturated carbocycles. The molecule has 0 aliphatic carbocycles. The fourth-order valence-electron chi connectivity index (χ4n) is 2.21. The van der Waals surface area contributed by atoms with Gasteiger partial charge in [-0.25, -0.2) is 4.98 Å². The quantitative estimate of drug-likeness (QED) is 0.753. The first kappa shape index (κ1) is 15.0. The fourth-order valence-corrected chi connectivity index (χ4v) is 2.21. The van der Waals surface area contributed by atoms with Crippen LogP contribution in [-0.2, 0) is 6.54 Å². The number of pyridine rings is 1. The number of nitrogens with one attached hydrogen (secondary N) is 1. The lowest BCUT2D eigenvalue weighted by molar-refractivity contribution is 0.668. The predicted molar refractivity (Wildman–Crippen MR) is 79.3 cm³/mol. The highest BCUT2D eigenvalue weighted by Crippen LogP contribution is 2.21. The van der Waals surface area contributed by atoms with Gasteiger partial charge in [0.1, 0.15) is 5.82 Å². The van der Waals surface area contributed by atoms with E-state index in [0.29, 0.717) is 0 Å². The van der Waals surface area contributed by atoms with Gasteiger partial charge in [0.2, 0.25) is 0 Å². The molecule has 0 atom stereocenters. The average Bonchev–Trinajstić information content (AvgIpc) is 2.31. The van der Waals surface area contributed by atoms with E-state index in [-0.39, 0.29) is 0 Å². The lowest BCUT2D eigenvalue weighted by Crippen LogP contribution is -2.24. The van der Waals surface area contributed by atoms with Crippen LogP contribution in [0.1, 0.15) is 43.5 Å². The second-order valence-electron chi connectivity index (χ2n) is 4.98. The zero-order valence-electron chi connectivity index (χ0n) is 12.5. The minimum absolute atomic E-state index is 0.913. The molecule has 0 saturated heterocycles. The summed E-state index contributed by atoms with van der Waals surface area (Å²) in [5.74, 6) is 1.14. The Morgan fingerprint density at radius 1 is 1.22 bits per heavy atom. The Kier molecular flexibility index (Phi) is 6.13. The van der Waals surface area contributed by atoms with Gasteiger partial charge in [-0.2, -0.15) is 0 Å². The second-order valence-corrected chi connectivity index (χ2v) is 4.98. The number of nitrogens with zero attached hydrogens (tertiary/aromatic N) is 2. The number of aromatic nitrogens is 1. The Morgan fingerprint density at radius 3 is 2.56 bits per heavy atom. The van der Waals surface area contributed by atoms with Crippen LogP contribution in [0.25, 0.3) is 0 Å². The van der Waals surface area contributed by atoms with Crippen LogP contribution < -0.4 is 10.2 Å². The van der Waals surface area contributed by atoms with Crippen molar-refractivity contribution >= 4 is 5.82 Å². The lowest BCUT2D eigenvalue weighted by Gasteiger charge is -2.23. The number of hydrogen-bond donors (Lipinski definition) is 1. The molecule has 0 fully saturated rings. The Morgan fingerprint density at radius 2 is 1.94 bits per heavy atom. The van der Waals surface area contributed by atoms with Gasteiger partial charge in [0.25, 0.3) is 0 Å². The Labute approximate surface area is 112 Å². The summed E-state index contributed by atoms with van der Waals surface area (Å²) >= 11 is 0. The van der Waals surface area contributed by atoms with E-state index in [1.165, 1.54) is 17.5 Å². The molecule has 0 aliphatic rings. The molecule has 3 heteroatoms. The minimum Gasteiger partial charge on any atom is -0.359 e. The first-order valence-electron chi connectivity index (χ1n) is 6.99. The smallest absolute Gasteiger partial charge is 0.133 e. The molecule has 0 aliphatic heterocycles. The highest BCUT2D eigenvalue weighted by atomic mass is 15.2. The van der Waals surface area contributed by atoms with E-state index in [1.54, 1.807) is 0 Å². The minimum atomic E-state index is 0.913. The topological polar surface area (TPSA) is 28.2 Å². The van der Waals surface area contributed by atoms with Crippen molar-refractivity contribution in [2.75, 3.05) is 25.0 Å². The van der Waals surface area contributed by atoms with Crippen LogP contribution >= 0.6 is 0 Å². The van der Waals surface area contributed by atoms with E-state index in [9.17, 15) is 0 Å². The predicted octanol–water partition coefficient (Wildman–Crippen LogP) is 3.04. The zero-order valence-corrected chi connectivity index (χ0v) is 12.5. The molecule has 0 unspecified atom stereocenters. The van der Waals surface area contributed by atoms with Gasteiger partial charge in [0.15, 0.2) is 0 Å². The monoisotopic (exact) mass is 249 g/mol. The van der Waals surface area contributed by atoms with E-state index < -0.39 is 0 Å². The SMILES string of the molecule is CCCNCc1c(C)cc(C)nc1N(C)CCC. The standard InChI is InChI=1S/C15H27N3/c1-6-8-16-11-14-12(3)10-13(4)17-15(14)18(5)9-7-2/h10,16H,6-9,11H2,1-5H3. The van der Waals surface area contributed by atoms with Crippen molar-refractivity contribution in [2.24, 2.45) is 0 Å². The number of rotatable bonds is 7. The van der Waals surface area contributed by atoms with Crippen LogP contribution in [0.3, 0.4) is 0 Å². The van der Waals surface area contributed by atoms with Gasteiger partial charge in [-0.05, 0) is 44.9 Å². The maximum absolute atomic E-state index is 4.72. The highest BCUT2D eigenvalue weighted by Gasteiger charge is 2.12. The molecule has 102 valence electrons. The Hall–Kier alpha value is -1.09. The molecule has 1 aromatic rings. The molecule has 0 spiro atoms. The molecule has 18 heavy (non-hydrogen) atoms. The molecule has 0 radical (unpaired) electrons.